The van der Waals surface area contributed by atoms with E-state index in [0.717, 1.165) is 26.1 Å². The van der Waals surface area contributed by atoms with Crippen molar-refractivity contribution in [2.45, 2.75) is 33.6 Å². The highest BCUT2D eigenvalue weighted by Crippen LogP contribution is 2.38. The lowest BCUT2D eigenvalue weighted by Crippen LogP contribution is -2.45. The highest BCUT2D eigenvalue weighted by molar-refractivity contribution is 5.48. The van der Waals surface area contributed by atoms with Crippen molar-refractivity contribution in [1.29, 1.82) is 0 Å². The molecule has 0 aromatic heterocycles. The fraction of sp³-hybridized carbons (Fsp3) is 0.625. The molecule has 1 saturated heterocycles. The lowest BCUT2D eigenvalue weighted by molar-refractivity contribution is 0.163. The highest BCUT2D eigenvalue weighted by atomic mass is 15.1. The quantitative estimate of drug-likeness (QED) is 0.887. The summed E-state index contributed by atoms with van der Waals surface area (Å²) >= 11 is 0. The van der Waals surface area contributed by atoms with Crippen LogP contribution in [0.5, 0.6) is 0 Å². The van der Waals surface area contributed by atoms with E-state index >= 15 is 0 Å². The molecule has 2 nitrogen and oxygen atoms in total. The second-order valence-electron chi connectivity index (χ2n) is 6.29. The van der Waals surface area contributed by atoms with Gasteiger partial charge in [0.2, 0.25) is 0 Å². The third-order valence-electron chi connectivity index (χ3n) is 4.49. The van der Waals surface area contributed by atoms with Crippen molar-refractivity contribution in [1.82, 2.24) is 0 Å². The number of hydrogen-bond acceptors (Lipinski definition) is 2. The Morgan fingerprint density at radius 3 is 2.56 bits per heavy atom. The highest BCUT2D eigenvalue weighted by Gasteiger charge is 2.34. The van der Waals surface area contributed by atoms with Crippen LogP contribution in [0.25, 0.3) is 0 Å². The Morgan fingerprint density at radius 2 is 1.94 bits per heavy atom. The van der Waals surface area contributed by atoms with Gasteiger partial charge in [-0.1, -0.05) is 31.5 Å². The third kappa shape index (κ3) is 2.86. The molecule has 0 spiro atoms. The summed E-state index contributed by atoms with van der Waals surface area (Å²) in [4.78, 5) is 2.52. The van der Waals surface area contributed by atoms with Crippen LogP contribution < -0.4 is 10.6 Å². The van der Waals surface area contributed by atoms with Crippen LogP contribution in [0.1, 0.15) is 32.3 Å². The lowest BCUT2D eigenvalue weighted by Gasteiger charge is -2.45. The van der Waals surface area contributed by atoms with Gasteiger partial charge in [0, 0.05) is 18.8 Å². The SMILES string of the molecule is Cc1ccc(N2CCC(C)(C)C(CCN)C2)cc1. The standard InChI is InChI=1S/C16H26N2/c1-13-4-6-15(7-5-13)18-11-9-16(2,3)14(12-18)8-10-17/h4-7,14H,8-12,17H2,1-3H3. The first-order valence-electron chi connectivity index (χ1n) is 7.04. The molecule has 0 amide bonds. The minimum Gasteiger partial charge on any atom is -0.371 e. The number of rotatable bonds is 3. The van der Waals surface area contributed by atoms with Crippen LogP contribution in [0.4, 0.5) is 5.69 Å². The van der Waals surface area contributed by atoms with Crippen molar-refractivity contribution in [2.75, 3.05) is 24.5 Å². The Kier molecular flexibility index (Phi) is 3.96. The Morgan fingerprint density at radius 1 is 1.28 bits per heavy atom. The minimum atomic E-state index is 0.431. The maximum atomic E-state index is 5.77. The maximum absolute atomic E-state index is 5.77. The normalized spacial score (nSPS) is 23.1. The van der Waals surface area contributed by atoms with E-state index in [-0.39, 0.29) is 0 Å². The fourth-order valence-corrected chi connectivity index (χ4v) is 2.90. The van der Waals surface area contributed by atoms with Gasteiger partial charge in [-0.25, -0.2) is 0 Å². The van der Waals surface area contributed by atoms with Gasteiger partial charge in [-0.15, -0.1) is 0 Å². The van der Waals surface area contributed by atoms with E-state index in [4.69, 9.17) is 5.73 Å². The zero-order valence-corrected chi connectivity index (χ0v) is 11.9. The first kappa shape index (κ1) is 13.4. The van der Waals surface area contributed by atoms with E-state index < -0.39 is 0 Å². The van der Waals surface area contributed by atoms with E-state index in [9.17, 15) is 0 Å². The summed E-state index contributed by atoms with van der Waals surface area (Å²) in [5.74, 6) is 0.706. The second kappa shape index (κ2) is 5.31. The van der Waals surface area contributed by atoms with E-state index in [2.05, 4.69) is 49.9 Å². The van der Waals surface area contributed by atoms with Gasteiger partial charge < -0.3 is 10.6 Å². The van der Waals surface area contributed by atoms with Gasteiger partial charge in [0.25, 0.3) is 0 Å². The molecular weight excluding hydrogens is 220 g/mol. The number of anilines is 1. The molecule has 2 rings (SSSR count). The average Bonchev–Trinajstić information content (AvgIpc) is 2.33. The lowest BCUT2D eigenvalue weighted by atomic mass is 9.72. The summed E-state index contributed by atoms with van der Waals surface area (Å²) < 4.78 is 0. The number of aryl methyl sites for hydroxylation is 1. The molecule has 2 heteroatoms. The molecule has 1 aromatic carbocycles. The number of piperidine rings is 1. The molecule has 1 fully saturated rings. The maximum Gasteiger partial charge on any atom is 0.0366 e. The van der Waals surface area contributed by atoms with Crippen LogP contribution >= 0.6 is 0 Å². The topological polar surface area (TPSA) is 29.3 Å². The molecule has 2 N–H and O–H groups in total. The molecule has 1 aliphatic rings. The van der Waals surface area contributed by atoms with Crippen LogP contribution in [-0.2, 0) is 0 Å². The van der Waals surface area contributed by atoms with Crippen LogP contribution in [0.2, 0.25) is 0 Å². The number of benzene rings is 1. The van der Waals surface area contributed by atoms with E-state index in [0.29, 0.717) is 11.3 Å². The predicted molar refractivity (Wildman–Crippen MR) is 79.0 cm³/mol. The average molecular weight is 246 g/mol. The summed E-state index contributed by atoms with van der Waals surface area (Å²) in [5, 5.41) is 0. The smallest absolute Gasteiger partial charge is 0.0366 e. The van der Waals surface area contributed by atoms with Crippen LogP contribution in [0.15, 0.2) is 24.3 Å². The van der Waals surface area contributed by atoms with Crippen molar-refractivity contribution < 1.29 is 0 Å². The van der Waals surface area contributed by atoms with E-state index in [1.165, 1.54) is 17.7 Å². The molecule has 0 aliphatic carbocycles. The van der Waals surface area contributed by atoms with Crippen molar-refractivity contribution >= 4 is 5.69 Å². The van der Waals surface area contributed by atoms with Crippen molar-refractivity contribution in [2.24, 2.45) is 17.1 Å². The van der Waals surface area contributed by atoms with E-state index in [1.807, 2.05) is 0 Å². The van der Waals surface area contributed by atoms with Crippen molar-refractivity contribution in [3.05, 3.63) is 29.8 Å². The van der Waals surface area contributed by atoms with Crippen LogP contribution in [0, 0.1) is 18.3 Å². The van der Waals surface area contributed by atoms with Gasteiger partial charge >= 0.3 is 0 Å². The van der Waals surface area contributed by atoms with Crippen LogP contribution in [-0.4, -0.2) is 19.6 Å². The Bertz CT molecular complexity index is 381. The molecule has 0 radical (unpaired) electrons. The Balaban J connectivity index is 2.10. The monoisotopic (exact) mass is 246 g/mol. The molecule has 1 aliphatic heterocycles. The zero-order chi connectivity index (χ0) is 13.2. The molecule has 1 aromatic rings. The third-order valence-corrected chi connectivity index (χ3v) is 4.49. The molecule has 0 saturated carbocycles. The number of nitrogens with two attached hydrogens (primary N) is 1. The summed E-state index contributed by atoms with van der Waals surface area (Å²) in [6, 6.07) is 8.89. The Hall–Kier alpha value is -1.02. The van der Waals surface area contributed by atoms with Gasteiger partial charge in [-0.05, 0) is 49.8 Å². The van der Waals surface area contributed by atoms with Gasteiger partial charge in [0.05, 0.1) is 0 Å². The predicted octanol–water partition coefficient (Wildman–Crippen LogP) is 3.20. The van der Waals surface area contributed by atoms with Gasteiger partial charge in [-0.3, -0.25) is 0 Å². The molecule has 100 valence electrons. The molecule has 1 unspecified atom stereocenters. The van der Waals surface area contributed by atoms with Crippen molar-refractivity contribution in [3.63, 3.8) is 0 Å². The first-order chi connectivity index (χ1) is 8.53. The van der Waals surface area contributed by atoms with Crippen LogP contribution in [0.3, 0.4) is 0 Å². The first-order valence-corrected chi connectivity index (χ1v) is 7.04. The molecule has 1 heterocycles. The minimum absolute atomic E-state index is 0.431. The second-order valence-corrected chi connectivity index (χ2v) is 6.29. The number of nitrogens with zero attached hydrogens (tertiary/aromatic N) is 1. The summed E-state index contributed by atoms with van der Waals surface area (Å²) in [5.41, 5.74) is 8.88. The van der Waals surface area contributed by atoms with E-state index in [1.54, 1.807) is 0 Å². The van der Waals surface area contributed by atoms with Gasteiger partial charge in [-0.2, -0.15) is 0 Å². The molecule has 18 heavy (non-hydrogen) atoms. The largest absolute Gasteiger partial charge is 0.371 e. The molecular formula is C16H26N2. The van der Waals surface area contributed by atoms with Gasteiger partial charge in [0.15, 0.2) is 0 Å². The molecule has 1 atom stereocenters. The summed E-state index contributed by atoms with van der Waals surface area (Å²) in [6.07, 6.45) is 2.39. The fourth-order valence-electron chi connectivity index (χ4n) is 2.90. The zero-order valence-electron chi connectivity index (χ0n) is 11.9. The van der Waals surface area contributed by atoms with Gasteiger partial charge in [0.1, 0.15) is 0 Å². The summed E-state index contributed by atoms with van der Waals surface area (Å²) in [6.45, 7) is 10.0. The summed E-state index contributed by atoms with van der Waals surface area (Å²) in [7, 11) is 0. The van der Waals surface area contributed by atoms with Crippen molar-refractivity contribution in [3.8, 4) is 0 Å². The number of hydrogen-bond donors (Lipinski definition) is 1. The molecule has 0 bridgehead atoms. The Labute approximate surface area is 111 Å².